The zero-order chi connectivity index (χ0) is 9.94. The van der Waals surface area contributed by atoms with E-state index >= 15 is 0 Å². The Morgan fingerprint density at radius 3 is 1.77 bits per heavy atom. The molecule has 3 nitrogen and oxygen atoms in total. The van der Waals surface area contributed by atoms with E-state index in [9.17, 15) is 0 Å². The Balaban J connectivity index is 3.28. The lowest BCUT2D eigenvalue weighted by Crippen LogP contribution is -2.27. The standard InChI is InChI=1S/C10H22NO2/c1-4-11(7-5-9-12-2)8-6-10-13-3/h1,4-10H2,2-3H3. The molecular weight excluding hydrogens is 166 g/mol. The molecule has 0 aliphatic carbocycles. The second kappa shape index (κ2) is 9.96. The molecule has 0 aromatic carbocycles. The van der Waals surface area contributed by atoms with Crippen LogP contribution in [0, 0.1) is 6.92 Å². The average Bonchev–Trinajstić information content (AvgIpc) is 2.16. The highest BCUT2D eigenvalue weighted by molar-refractivity contribution is 4.58. The van der Waals surface area contributed by atoms with Gasteiger partial charge in [0.25, 0.3) is 0 Å². The van der Waals surface area contributed by atoms with Crippen LogP contribution in [0.5, 0.6) is 0 Å². The second-order valence-electron chi connectivity index (χ2n) is 3.03. The summed E-state index contributed by atoms with van der Waals surface area (Å²) in [4.78, 5) is 2.32. The molecule has 0 unspecified atom stereocenters. The quantitative estimate of drug-likeness (QED) is 0.507. The van der Waals surface area contributed by atoms with E-state index in [0.717, 1.165) is 45.7 Å². The van der Waals surface area contributed by atoms with Crippen molar-refractivity contribution >= 4 is 0 Å². The van der Waals surface area contributed by atoms with Crippen LogP contribution in [0.4, 0.5) is 0 Å². The van der Waals surface area contributed by atoms with Gasteiger partial charge in [0.15, 0.2) is 0 Å². The van der Waals surface area contributed by atoms with Crippen molar-refractivity contribution in [3.05, 3.63) is 6.92 Å². The molecule has 13 heavy (non-hydrogen) atoms. The van der Waals surface area contributed by atoms with Crippen LogP contribution in [-0.2, 0) is 9.47 Å². The topological polar surface area (TPSA) is 21.7 Å². The van der Waals surface area contributed by atoms with E-state index in [0.29, 0.717) is 0 Å². The SMILES string of the molecule is [CH2]CN(CCCOC)CCCOC. The summed E-state index contributed by atoms with van der Waals surface area (Å²) in [6.07, 6.45) is 2.16. The van der Waals surface area contributed by atoms with Crippen LogP contribution in [0.3, 0.4) is 0 Å². The molecular formula is C10H22NO2. The summed E-state index contributed by atoms with van der Waals surface area (Å²) >= 11 is 0. The lowest BCUT2D eigenvalue weighted by Gasteiger charge is -2.19. The minimum absolute atomic E-state index is 0.834. The Kier molecular flexibility index (Phi) is 9.87. The molecule has 79 valence electrons. The maximum atomic E-state index is 4.99. The third-order valence-corrected chi connectivity index (χ3v) is 1.96. The number of ether oxygens (including phenoxy) is 2. The molecule has 0 fully saturated rings. The number of rotatable bonds is 9. The van der Waals surface area contributed by atoms with Gasteiger partial charge in [-0.05, 0) is 26.3 Å². The van der Waals surface area contributed by atoms with Gasteiger partial charge in [0.1, 0.15) is 0 Å². The molecule has 0 rings (SSSR count). The summed E-state index contributed by atoms with van der Waals surface area (Å²) in [6, 6.07) is 0. The lowest BCUT2D eigenvalue weighted by molar-refractivity contribution is 0.158. The summed E-state index contributed by atoms with van der Waals surface area (Å²) in [7, 11) is 3.47. The first-order chi connectivity index (χ1) is 6.35. The van der Waals surface area contributed by atoms with Gasteiger partial charge in [-0.25, -0.2) is 0 Å². The van der Waals surface area contributed by atoms with E-state index in [4.69, 9.17) is 9.47 Å². The van der Waals surface area contributed by atoms with E-state index in [2.05, 4.69) is 11.8 Å². The fraction of sp³-hybridized carbons (Fsp3) is 0.900. The highest BCUT2D eigenvalue weighted by Gasteiger charge is 2.00. The van der Waals surface area contributed by atoms with Gasteiger partial charge in [-0.1, -0.05) is 0 Å². The van der Waals surface area contributed by atoms with Gasteiger partial charge >= 0.3 is 0 Å². The zero-order valence-corrected chi connectivity index (χ0v) is 8.92. The Labute approximate surface area is 82.0 Å². The van der Waals surface area contributed by atoms with E-state index in [1.807, 2.05) is 0 Å². The van der Waals surface area contributed by atoms with Crippen molar-refractivity contribution in [1.82, 2.24) is 4.90 Å². The third-order valence-electron chi connectivity index (χ3n) is 1.96. The molecule has 0 aromatic heterocycles. The van der Waals surface area contributed by atoms with Gasteiger partial charge in [-0.3, -0.25) is 0 Å². The lowest BCUT2D eigenvalue weighted by atomic mass is 10.3. The third kappa shape index (κ3) is 8.22. The molecule has 1 radical (unpaired) electrons. The van der Waals surface area contributed by atoms with Gasteiger partial charge in [0, 0.05) is 40.5 Å². The van der Waals surface area contributed by atoms with Crippen molar-refractivity contribution in [2.75, 3.05) is 47.1 Å². The largest absolute Gasteiger partial charge is 0.385 e. The predicted molar refractivity (Wildman–Crippen MR) is 54.8 cm³/mol. The molecule has 0 aromatic rings. The maximum absolute atomic E-state index is 4.99. The van der Waals surface area contributed by atoms with Crippen LogP contribution in [0.15, 0.2) is 0 Å². The maximum Gasteiger partial charge on any atom is 0.0474 e. The van der Waals surface area contributed by atoms with Gasteiger partial charge in [-0.15, -0.1) is 0 Å². The summed E-state index contributed by atoms with van der Waals surface area (Å²) < 4.78 is 9.98. The zero-order valence-electron chi connectivity index (χ0n) is 8.92. The van der Waals surface area contributed by atoms with Gasteiger partial charge in [0.05, 0.1) is 0 Å². The van der Waals surface area contributed by atoms with Crippen LogP contribution in [-0.4, -0.2) is 52.0 Å². The van der Waals surface area contributed by atoms with Crippen LogP contribution in [0.1, 0.15) is 12.8 Å². The summed E-state index contributed by atoms with van der Waals surface area (Å²) in [5.41, 5.74) is 0. The van der Waals surface area contributed by atoms with Crippen LogP contribution in [0.2, 0.25) is 0 Å². The molecule has 0 aliphatic heterocycles. The summed E-state index contributed by atoms with van der Waals surface area (Å²) in [5.74, 6) is 0. The summed E-state index contributed by atoms with van der Waals surface area (Å²) in [5, 5.41) is 0. The van der Waals surface area contributed by atoms with Crippen LogP contribution < -0.4 is 0 Å². The molecule has 0 saturated carbocycles. The molecule has 0 saturated heterocycles. The first-order valence-electron chi connectivity index (χ1n) is 4.84. The Morgan fingerprint density at radius 1 is 1.00 bits per heavy atom. The first kappa shape index (κ1) is 12.9. The smallest absolute Gasteiger partial charge is 0.0474 e. The highest BCUT2D eigenvalue weighted by Crippen LogP contribution is 1.94. The number of nitrogens with zero attached hydrogens (tertiary/aromatic N) is 1. The molecule has 0 spiro atoms. The molecule has 0 aliphatic rings. The highest BCUT2D eigenvalue weighted by atomic mass is 16.5. The van der Waals surface area contributed by atoms with Gasteiger partial charge in [0.2, 0.25) is 0 Å². The van der Waals surface area contributed by atoms with Gasteiger partial charge in [-0.2, -0.15) is 0 Å². The fourth-order valence-corrected chi connectivity index (χ4v) is 1.20. The van der Waals surface area contributed by atoms with Crippen molar-refractivity contribution in [3.63, 3.8) is 0 Å². The summed E-state index contributed by atoms with van der Waals surface area (Å²) in [6.45, 7) is 8.57. The van der Waals surface area contributed by atoms with Crippen molar-refractivity contribution in [2.24, 2.45) is 0 Å². The molecule has 0 heterocycles. The van der Waals surface area contributed by atoms with Crippen molar-refractivity contribution in [2.45, 2.75) is 12.8 Å². The fourth-order valence-electron chi connectivity index (χ4n) is 1.20. The normalized spacial score (nSPS) is 11.1. The van der Waals surface area contributed by atoms with Crippen molar-refractivity contribution in [3.8, 4) is 0 Å². The minimum atomic E-state index is 0.834. The Bertz CT molecular complexity index is 88.9. The Hall–Kier alpha value is -0.120. The van der Waals surface area contributed by atoms with Gasteiger partial charge < -0.3 is 14.4 Å². The second-order valence-corrected chi connectivity index (χ2v) is 3.03. The first-order valence-corrected chi connectivity index (χ1v) is 4.84. The minimum Gasteiger partial charge on any atom is -0.385 e. The van der Waals surface area contributed by atoms with Crippen LogP contribution in [0.25, 0.3) is 0 Å². The number of hydrogen-bond donors (Lipinski definition) is 0. The van der Waals surface area contributed by atoms with Crippen molar-refractivity contribution < 1.29 is 9.47 Å². The molecule has 0 atom stereocenters. The number of methoxy groups -OCH3 is 2. The molecule has 3 heteroatoms. The number of hydrogen-bond acceptors (Lipinski definition) is 3. The van der Waals surface area contributed by atoms with E-state index in [1.165, 1.54) is 0 Å². The van der Waals surface area contributed by atoms with Crippen LogP contribution >= 0.6 is 0 Å². The monoisotopic (exact) mass is 188 g/mol. The van der Waals surface area contributed by atoms with E-state index in [1.54, 1.807) is 14.2 Å². The average molecular weight is 188 g/mol. The molecule has 0 bridgehead atoms. The Morgan fingerprint density at radius 2 is 1.46 bits per heavy atom. The molecule has 0 N–H and O–H groups in total. The van der Waals surface area contributed by atoms with E-state index < -0.39 is 0 Å². The predicted octanol–water partition coefficient (Wildman–Crippen LogP) is 1.20. The van der Waals surface area contributed by atoms with Crippen molar-refractivity contribution in [1.29, 1.82) is 0 Å². The molecule has 0 amide bonds. The van der Waals surface area contributed by atoms with E-state index in [-0.39, 0.29) is 0 Å².